The maximum atomic E-state index is 5.02. The molecule has 1 aliphatic rings. The molecule has 0 aliphatic carbocycles. The minimum absolute atomic E-state index is 0.304. The van der Waals surface area contributed by atoms with Crippen LogP contribution in [0.3, 0.4) is 0 Å². The minimum Gasteiger partial charge on any atom is -0.383 e. The van der Waals surface area contributed by atoms with E-state index in [1.807, 2.05) is 0 Å². The Balaban J connectivity index is 1.91. The molecule has 0 radical (unpaired) electrons. The Morgan fingerprint density at radius 3 is 2.58 bits per heavy atom. The van der Waals surface area contributed by atoms with Gasteiger partial charge in [-0.25, -0.2) is 0 Å². The third-order valence-corrected chi connectivity index (χ3v) is 3.96. The largest absolute Gasteiger partial charge is 0.383 e. The van der Waals surface area contributed by atoms with E-state index >= 15 is 0 Å². The first kappa shape index (κ1) is 14.4. The number of hydrogen-bond donors (Lipinski definition) is 1. The Labute approximate surface area is 116 Å². The van der Waals surface area contributed by atoms with Crippen molar-refractivity contribution in [2.24, 2.45) is 0 Å². The third kappa shape index (κ3) is 3.71. The topological polar surface area (TPSA) is 24.5 Å². The van der Waals surface area contributed by atoms with Crippen LogP contribution in [-0.2, 0) is 11.3 Å². The fourth-order valence-corrected chi connectivity index (χ4v) is 2.79. The van der Waals surface area contributed by atoms with E-state index in [0.717, 1.165) is 19.7 Å². The molecule has 0 unspecified atom stereocenters. The number of methoxy groups -OCH3 is 1. The van der Waals surface area contributed by atoms with Crippen LogP contribution in [0.1, 0.15) is 32.3 Å². The molecule has 1 aromatic rings. The van der Waals surface area contributed by atoms with Crippen LogP contribution in [0.4, 0.5) is 5.69 Å². The van der Waals surface area contributed by atoms with Crippen molar-refractivity contribution in [1.82, 2.24) is 5.32 Å². The lowest BCUT2D eigenvalue weighted by atomic mass is 10.0. The zero-order valence-corrected chi connectivity index (χ0v) is 12.4. The van der Waals surface area contributed by atoms with Crippen LogP contribution in [0.5, 0.6) is 0 Å². The molecule has 0 bridgehead atoms. The summed E-state index contributed by atoms with van der Waals surface area (Å²) in [4.78, 5) is 2.52. The van der Waals surface area contributed by atoms with Crippen LogP contribution in [0.2, 0.25) is 0 Å². The molecule has 0 saturated carbocycles. The van der Waals surface area contributed by atoms with Gasteiger partial charge < -0.3 is 15.0 Å². The van der Waals surface area contributed by atoms with Crippen molar-refractivity contribution in [3.63, 3.8) is 0 Å². The van der Waals surface area contributed by atoms with Gasteiger partial charge in [0.05, 0.1) is 6.61 Å². The van der Waals surface area contributed by atoms with Crippen LogP contribution in [0.25, 0.3) is 0 Å². The van der Waals surface area contributed by atoms with Crippen LogP contribution in [0, 0.1) is 0 Å². The second kappa shape index (κ2) is 6.40. The van der Waals surface area contributed by atoms with E-state index in [1.165, 1.54) is 30.6 Å². The van der Waals surface area contributed by atoms with Crippen molar-refractivity contribution in [2.45, 2.75) is 38.8 Å². The van der Waals surface area contributed by atoms with Crippen molar-refractivity contribution < 1.29 is 4.74 Å². The Morgan fingerprint density at radius 2 is 2.00 bits per heavy atom. The van der Waals surface area contributed by atoms with Crippen LogP contribution < -0.4 is 10.2 Å². The standard InChI is InChI=1S/C16H26N2O/c1-16(2)9-4-11-18(16)15-7-5-14(6-8-15)13-17-10-12-19-3/h5-8,17H,4,9-13H2,1-3H3. The van der Waals surface area contributed by atoms with E-state index in [-0.39, 0.29) is 0 Å². The van der Waals surface area contributed by atoms with E-state index < -0.39 is 0 Å². The normalized spacial score (nSPS) is 17.9. The first-order valence-corrected chi connectivity index (χ1v) is 7.20. The monoisotopic (exact) mass is 262 g/mol. The number of nitrogens with zero attached hydrogens (tertiary/aromatic N) is 1. The molecule has 0 atom stereocenters. The number of benzene rings is 1. The Morgan fingerprint density at radius 1 is 1.26 bits per heavy atom. The van der Waals surface area contributed by atoms with Crippen molar-refractivity contribution >= 4 is 5.69 Å². The zero-order chi connectivity index (χ0) is 13.7. The summed E-state index contributed by atoms with van der Waals surface area (Å²) >= 11 is 0. The summed E-state index contributed by atoms with van der Waals surface area (Å²) in [6, 6.07) is 8.95. The summed E-state index contributed by atoms with van der Waals surface area (Å²) in [7, 11) is 1.73. The molecule has 1 heterocycles. The van der Waals surface area contributed by atoms with E-state index in [2.05, 4.69) is 48.3 Å². The molecule has 19 heavy (non-hydrogen) atoms. The van der Waals surface area contributed by atoms with Gasteiger partial charge in [-0.1, -0.05) is 12.1 Å². The molecule has 0 aromatic heterocycles. The quantitative estimate of drug-likeness (QED) is 0.798. The summed E-state index contributed by atoms with van der Waals surface area (Å²) in [5.41, 5.74) is 2.98. The number of hydrogen-bond acceptors (Lipinski definition) is 3. The molecule has 3 nitrogen and oxygen atoms in total. The van der Waals surface area contributed by atoms with Crippen molar-refractivity contribution in [1.29, 1.82) is 0 Å². The van der Waals surface area contributed by atoms with Gasteiger partial charge in [0.1, 0.15) is 0 Å². The summed E-state index contributed by atoms with van der Waals surface area (Å²) in [6.45, 7) is 8.42. The molecular formula is C16H26N2O. The highest BCUT2D eigenvalue weighted by Crippen LogP contribution is 2.33. The molecule has 106 valence electrons. The van der Waals surface area contributed by atoms with Gasteiger partial charge in [-0.2, -0.15) is 0 Å². The van der Waals surface area contributed by atoms with Crippen LogP contribution >= 0.6 is 0 Å². The highest BCUT2D eigenvalue weighted by Gasteiger charge is 2.31. The van der Waals surface area contributed by atoms with Gasteiger partial charge in [0.15, 0.2) is 0 Å². The number of nitrogens with one attached hydrogen (secondary N) is 1. The fraction of sp³-hybridized carbons (Fsp3) is 0.625. The van der Waals surface area contributed by atoms with Gasteiger partial charge in [0, 0.05) is 38.0 Å². The Hall–Kier alpha value is -1.06. The SMILES string of the molecule is COCCNCc1ccc(N2CCCC2(C)C)cc1. The zero-order valence-electron chi connectivity index (χ0n) is 12.4. The molecule has 2 rings (SSSR count). The molecule has 1 N–H and O–H groups in total. The molecule has 0 spiro atoms. The second-order valence-corrected chi connectivity index (χ2v) is 5.90. The average Bonchev–Trinajstić information content (AvgIpc) is 2.75. The Kier molecular flexibility index (Phi) is 4.83. The van der Waals surface area contributed by atoms with E-state index in [1.54, 1.807) is 7.11 Å². The predicted octanol–water partition coefficient (Wildman–Crippen LogP) is 2.80. The number of ether oxygens (including phenoxy) is 1. The molecule has 0 amide bonds. The fourth-order valence-electron chi connectivity index (χ4n) is 2.79. The first-order valence-electron chi connectivity index (χ1n) is 7.20. The van der Waals surface area contributed by atoms with Crippen molar-refractivity contribution in [3.8, 4) is 0 Å². The summed E-state index contributed by atoms with van der Waals surface area (Å²) in [5.74, 6) is 0. The third-order valence-electron chi connectivity index (χ3n) is 3.96. The lowest BCUT2D eigenvalue weighted by Crippen LogP contribution is -2.38. The lowest BCUT2D eigenvalue weighted by Gasteiger charge is -2.33. The highest BCUT2D eigenvalue weighted by atomic mass is 16.5. The average molecular weight is 262 g/mol. The van der Waals surface area contributed by atoms with E-state index in [9.17, 15) is 0 Å². The van der Waals surface area contributed by atoms with Crippen molar-refractivity contribution in [3.05, 3.63) is 29.8 Å². The van der Waals surface area contributed by atoms with Gasteiger partial charge in [0.25, 0.3) is 0 Å². The van der Waals surface area contributed by atoms with Crippen LogP contribution in [0.15, 0.2) is 24.3 Å². The lowest BCUT2D eigenvalue weighted by molar-refractivity contribution is 0.199. The summed E-state index contributed by atoms with van der Waals surface area (Å²) in [6.07, 6.45) is 2.58. The molecule has 1 saturated heterocycles. The van der Waals surface area contributed by atoms with E-state index in [4.69, 9.17) is 4.74 Å². The molecule has 1 aromatic carbocycles. The van der Waals surface area contributed by atoms with Gasteiger partial charge in [-0.15, -0.1) is 0 Å². The van der Waals surface area contributed by atoms with Crippen molar-refractivity contribution in [2.75, 3.05) is 31.7 Å². The van der Waals surface area contributed by atoms with Crippen LogP contribution in [-0.4, -0.2) is 32.3 Å². The van der Waals surface area contributed by atoms with Gasteiger partial charge in [-0.05, 0) is 44.4 Å². The van der Waals surface area contributed by atoms with Gasteiger partial charge >= 0.3 is 0 Å². The molecular weight excluding hydrogens is 236 g/mol. The molecule has 3 heteroatoms. The first-order chi connectivity index (χ1) is 9.13. The van der Waals surface area contributed by atoms with Gasteiger partial charge in [-0.3, -0.25) is 0 Å². The predicted molar refractivity (Wildman–Crippen MR) is 80.7 cm³/mol. The molecule has 1 fully saturated rings. The molecule has 1 aliphatic heterocycles. The maximum Gasteiger partial charge on any atom is 0.0587 e. The highest BCUT2D eigenvalue weighted by molar-refractivity contribution is 5.51. The number of anilines is 1. The second-order valence-electron chi connectivity index (χ2n) is 5.90. The number of rotatable bonds is 6. The van der Waals surface area contributed by atoms with E-state index in [0.29, 0.717) is 5.54 Å². The Bertz CT molecular complexity index is 386. The summed E-state index contributed by atoms with van der Waals surface area (Å²) < 4.78 is 5.02. The van der Waals surface area contributed by atoms with Gasteiger partial charge in [0.2, 0.25) is 0 Å². The smallest absolute Gasteiger partial charge is 0.0587 e. The summed E-state index contributed by atoms with van der Waals surface area (Å²) in [5, 5.41) is 3.37. The maximum absolute atomic E-state index is 5.02. The minimum atomic E-state index is 0.304.